The second kappa shape index (κ2) is 8.98. The number of halogens is 1. The van der Waals surface area contributed by atoms with Crippen LogP contribution < -0.4 is 10.7 Å². The van der Waals surface area contributed by atoms with Crippen LogP contribution in [0.1, 0.15) is 43.0 Å². The van der Waals surface area contributed by atoms with Crippen LogP contribution in [0.4, 0.5) is 11.5 Å². The SMILES string of the molecule is CC(C)C1(C)N=C(c2ccccc2Cl)N(CC(=O)Nc2ccc3c(c2)CC2(C3)c3cccnc3N[N+]2=O)C1=O. The van der Waals surface area contributed by atoms with Crippen LogP contribution >= 0.6 is 11.6 Å². The minimum absolute atomic E-state index is 0.0782. The summed E-state index contributed by atoms with van der Waals surface area (Å²) in [5.74, 6) is 0.296. The van der Waals surface area contributed by atoms with Gasteiger partial charge in [0, 0.05) is 17.4 Å². The van der Waals surface area contributed by atoms with Crippen molar-refractivity contribution in [3.63, 3.8) is 0 Å². The van der Waals surface area contributed by atoms with E-state index < -0.39 is 11.1 Å². The number of hydrazine groups is 1. The molecule has 1 spiro atoms. The quantitative estimate of drug-likeness (QED) is 0.461. The number of nitrogens with zero attached hydrogens (tertiary/aromatic N) is 4. The van der Waals surface area contributed by atoms with Gasteiger partial charge in [0.05, 0.1) is 28.3 Å². The number of aromatic nitrogens is 1. The summed E-state index contributed by atoms with van der Waals surface area (Å²) < 4.78 is 0. The molecule has 3 heterocycles. The minimum atomic E-state index is -0.999. The predicted octanol–water partition coefficient (Wildman–Crippen LogP) is 4.49. The standard InChI is InChI=1S/C29H27ClN6O3/c1-17(2)28(3)27(38)35(26(33-28)21-7-4-5-9-23(21)30)16-24(37)32-20-11-10-18-14-29(15-19(18)13-20)22-8-6-12-31-25(22)34-36(29)39/h4-13,17H,14-16H2,1-3H3,(H-,31,32,34,37,39)/p+1. The van der Waals surface area contributed by atoms with E-state index in [2.05, 4.69) is 15.7 Å². The number of carbonyl (C=O) groups is 2. The Morgan fingerprint density at radius 2 is 1.92 bits per heavy atom. The van der Waals surface area contributed by atoms with Crippen molar-refractivity contribution in [2.45, 2.75) is 44.7 Å². The smallest absolute Gasteiger partial charge is 0.280 e. The molecule has 6 rings (SSSR count). The van der Waals surface area contributed by atoms with Gasteiger partial charge < -0.3 is 5.32 Å². The molecule has 2 atom stereocenters. The lowest BCUT2D eigenvalue weighted by Gasteiger charge is -2.25. The number of amides is 2. The number of hydrogen-bond donors (Lipinski definition) is 2. The van der Waals surface area contributed by atoms with Crippen molar-refractivity contribution < 1.29 is 14.5 Å². The fraction of sp³-hybridized carbons (Fsp3) is 0.310. The lowest BCUT2D eigenvalue weighted by molar-refractivity contribution is -0.600. The molecule has 2 aliphatic heterocycles. The number of anilines is 2. The second-order valence-electron chi connectivity index (χ2n) is 10.8. The summed E-state index contributed by atoms with van der Waals surface area (Å²) in [6.07, 6.45) is 2.69. The zero-order valence-electron chi connectivity index (χ0n) is 21.9. The summed E-state index contributed by atoms with van der Waals surface area (Å²) >= 11 is 6.45. The molecule has 9 nitrogen and oxygen atoms in total. The van der Waals surface area contributed by atoms with Crippen molar-refractivity contribution >= 4 is 40.8 Å². The summed E-state index contributed by atoms with van der Waals surface area (Å²) in [5, 5.41) is 3.39. The topological polar surface area (TPSA) is 107 Å². The first-order valence-corrected chi connectivity index (χ1v) is 13.3. The normalized spacial score (nSPS) is 23.2. The maximum Gasteiger partial charge on any atom is 0.280 e. The molecular formula is C29H28ClN6O3+. The first-order valence-electron chi connectivity index (χ1n) is 12.9. The first kappa shape index (κ1) is 25.2. The molecule has 0 fully saturated rings. The molecule has 1 aliphatic carbocycles. The Labute approximate surface area is 230 Å². The highest BCUT2D eigenvalue weighted by atomic mass is 35.5. The molecule has 2 unspecified atom stereocenters. The predicted molar refractivity (Wildman–Crippen MR) is 149 cm³/mol. The Bertz CT molecular complexity index is 1590. The van der Waals surface area contributed by atoms with Gasteiger partial charge >= 0.3 is 0 Å². The van der Waals surface area contributed by atoms with E-state index in [1.807, 2.05) is 56.3 Å². The van der Waals surface area contributed by atoms with Gasteiger partial charge in [0.1, 0.15) is 22.8 Å². The van der Waals surface area contributed by atoms with Gasteiger partial charge in [0.15, 0.2) is 5.82 Å². The van der Waals surface area contributed by atoms with E-state index >= 15 is 0 Å². The van der Waals surface area contributed by atoms with E-state index in [-0.39, 0.29) is 24.3 Å². The highest BCUT2D eigenvalue weighted by molar-refractivity contribution is 6.35. The maximum absolute atomic E-state index is 13.5. The molecule has 0 radical (unpaired) electrons. The van der Waals surface area contributed by atoms with Crippen molar-refractivity contribution in [2.24, 2.45) is 10.9 Å². The van der Waals surface area contributed by atoms with Gasteiger partial charge in [-0.1, -0.05) is 43.6 Å². The molecule has 1 aromatic heterocycles. The summed E-state index contributed by atoms with van der Waals surface area (Å²) in [6, 6.07) is 16.6. The van der Waals surface area contributed by atoms with Crippen molar-refractivity contribution in [2.75, 3.05) is 17.3 Å². The van der Waals surface area contributed by atoms with E-state index in [1.54, 1.807) is 25.3 Å². The highest BCUT2D eigenvalue weighted by Gasteiger charge is 2.59. The van der Waals surface area contributed by atoms with Gasteiger partial charge in [-0.15, -0.1) is 5.43 Å². The van der Waals surface area contributed by atoms with Crippen molar-refractivity contribution in [1.29, 1.82) is 0 Å². The summed E-state index contributed by atoms with van der Waals surface area (Å²) in [7, 11) is 0. The van der Waals surface area contributed by atoms with E-state index in [4.69, 9.17) is 16.6 Å². The molecule has 0 saturated carbocycles. The van der Waals surface area contributed by atoms with E-state index in [0.717, 1.165) is 21.6 Å². The highest BCUT2D eigenvalue weighted by Crippen LogP contribution is 2.46. The number of aliphatic imine (C=N–C) groups is 1. The van der Waals surface area contributed by atoms with Crippen LogP contribution in [0.15, 0.2) is 65.8 Å². The Morgan fingerprint density at radius 3 is 2.69 bits per heavy atom. The summed E-state index contributed by atoms with van der Waals surface area (Å²) in [4.78, 5) is 51.1. The van der Waals surface area contributed by atoms with Crippen LogP contribution in [0, 0.1) is 10.8 Å². The van der Waals surface area contributed by atoms with Gasteiger partial charge in [-0.25, -0.2) is 4.98 Å². The van der Waals surface area contributed by atoms with E-state index in [9.17, 15) is 14.5 Å². The third-order valence-corrected chi connectivity index (χ3v) is 8.50. The number of rotatable bonds is 5. The van der Waals surface area contributed by atoms with Gasteiger partial charge in [-0.2, -0.15) is 0 Å². The molecule has 2 N–H and O–H groups in total. The van der Waals surface area contributed by atoms with E-state index in [1.165, 1.54) is 4.90 Å². The number of nitrogens with one attached hydrogen (secondary N) is 2. The third kappa shape index (κ3) is 3.91. The maximum atomic E-state index is 13.5. The number of fused-ring (bicyclic) bond motifs is 3. The van der Waals surface area contributed by atoms with Crippen molar-refractivity contribution in [3.8, 4) is 0 Å². The summed E-state index contributed by atoms with van der Waals surface area (Å²) in [5.41, 5.74) is 5.17. The largest absolute Gasteiger partial charge is 0.325 e. The molecule has 0 saturated heterocycles. The van der Waals surface area contributed by atoms with Gasteiger partial charge in [-0.3, -0.25) is 19.5 Å². The second-order valence-corrected chi connectivity index (χ2v) is 11.2. The van der Waals surface area contributed by atoms with E-state index in [0.29, 0.717) is 40.8 Å². The zero-order valence-corrected chi connectivity index (χ0v) is 22.6. The number of nitroso groups, excluding NO2 is 1. The molecule has 2 aromatic carbocycles. The van der Waals surface area contributed by atoms with Gasteiger partial charge in [0.2, 0.25) is 5.91 Å². The van der Waals surface area contributed by atoms with Gasteiger partial charge in [0.25, 0.3) is 11.4 Å². The van der Waals surface area contributed by atoms with Crippen LogP contribution in [-0.2, 0) is 28.0 Å². The molecule has 3 aliphatic rings. The summed E-state index contributed by atoms with van der Waals surface area (Å²) in [6.45, 7) is 5.45. The Hall–Kier alpha value is -4.11. The van der Waals surface area contributed by atoms with Crippen LogP contribution in [0.25, 0.3) is 0 Å². The van der Waals surface area contributed by atoms with Crippen molar-refractivity contribution in [3.05, 3.63) is 93.0 Å². The Kier molecular flexibility index (Phi) is 5.80. The monoisotopic (exact) mass is 543 g/mol. The zero-order chi connectivity index (χ0) is 27.5. The fourth-order valence-electron chi connectivity index (χ4n) is 5.66. The Morgan fingerprint density at radius 1 is 1.15 bits per heavy atom. The van der Waals surface area contributed by atoms with Gasteiger partial charge in [-0.05, 0) is 60.4 Å². The molecule has 10 heteroatoms. The molecule has 2 amide bonds. The molecule has 198 valence electrons. The number of hydrogen-bond acceptors (Lipinski definition) is 5. The van der Waals surface area contributed by atoms with Crippen LogP contribution in [0.5, 0.6) is 0 Å². The lowest BCUT2D eigenvalue weighted by atomic mass is 9.89. The number of benzene rings is 2. The molecule has 0 bridgehead atoms. The fourth-order valence-corrected chi connectivity index (χ4v) is 5.88. The number of carbonyl (C=O) groups excluding carboxylic acids is 2. The van der Waals surface area contributed by atoms with Crippen LogP contribution in [-0.4, -0.2) is 44.5 Å². The Balaban J connectivity index is 1.23. The molecule has 3 aromatic rings. The molecular weight excluding hydrogens is 516 g/mol. The molecule has 39 heavy (non-hydrogen) atoms. The minimum Gasteiger partial charge on any atom is -0.325 e. The number of pyridine rings is 1. The average Bonchev–Trinajstić information content (AvgIpc) is 3.51. The van der Waals surface area contributed by atoms with Crippen LogP contribution in [0.3, 0.4) is 0 Å². The van der Waals surface area contributed by atoms with Crippen molar-refractivity contribution in [1.82, 2.24) is 9.88 Å². The number of amidine groups is 1. The van der Waals surface area contributed by atoms with Crippen LogP contribution in [0.2, 0.25) is 5.02 Å². The lowest BCUT2D eigenvalue weighted by Crippen LogP contribution is -2.46. The average molecular weight is 544 g/mol. The third-order valence-electron chi connectivity index (χ3n) is 8.17. The first-order chi connectivity index (χ1) is 18.6.